The molecule has 104 valence electrons. The molecule has 1 aliphatic rings. The first-order chi connectivity index (χ1) is 9.06. The third kappa shape index (κ3) is 4.31. The summed E-state index contributed by atoms with van der Waals surface area (Å²) in [6.07, 6.45) is 2.42. The molecular weight excluding hydrogens is 245 g/mol. The average molecular weight is 265 g/mol. The molecule has 0 saturated heterocycles. The first-order valence-electron chi connectivity index (χ1n) is 6.78. The third-order valence-corrected chi connectivity index (χ3v) is 3.33. The largest absolute Gasteiger partial charge is 0.393 e. The molecule has 0 aliphatic heterocycles. The van der Waals surface area contributed by atoms with Crippen LogP contribution in [-0.4, -0.2) is 28.1 Å². The molecule has 0 heterocycles. The van der Waals surface area contributed by atoms with Gasteiger partial charge in [-0.3, -0.25) is 4.79 Å². The fourth-order valence-corrected chi connectivity index (χ4v) is 2.12. The molecule has 1 aromatic carbocycles. The van der Waals surface area contributed by atoms with Gasteiger partial charge in [-0.1, -0.05) is 12.1 Å². The first-order valence-corrected chi connectivity index (χ1v) is 6.78. The van der Waals surface area contributed by atoms with Gasteiger partial charge in [0.05, 0.1) is 6.10 Å². The van der Waals surface area contributed by atoms with E-state index < -0.39 is 6.10 Å². The van der Waals surface area contributed by atoms with Crippen molar-refractivity contribution in [2.75, 3.05) is 0 Å². The van der Waals surface area contributed by atoms with E-state index >= 15 is 0 Å². The predicted molar refractivity (Wildman–Crippen MR) is 70.9 cm³/mol. The van der Waals surface area contributed by atoms with Crippen LogP contribution in [0.3, 0.4) is 0 Å². The first kappa shape index (κ1) is 14.0. The minimum atomic E-state index is -0.459. The monoisotopic (exact) mass is 265 g/mol. The number of hydrogen-bond donors (Lipinski definition) is 1. The second-order valence-electron chi connectivity index (χ2n) is 5.27. The van der Waals surface area contributed by atoms with Crippen LogP contribution in [-0.2, 0) is 11.3 Å². The number of hydrogen-bond acceptors (Lipinski definition) is 2. The molecule has 1 unspecified atom stereocenters. The Bertz CT molecular complexity index is 444. The van der Waals surface area contributed by atoms with Gasteiger partial charge in [0.1, 0.15) is 5.82 Å². The van der Waals surface area contributed by atoms with Gasteiger partial charge in [-0.05, 0) is 43.9 Å². The molecule has 0 bridgehead atoms. The van der Waals surface area contributed by atoms with Crippen LogP contribution in [0.2, 0.25) is 0 Å². The van der Waals surface area contributed by atoms with Crippen LogP contribution in [0.25, 0.3) is 0 Å². The lowest BCUT2D eigenvalue weighted by Gasteiger charge is -2.23. The molecule has 0 radical (unpaired) electrons. The Morgan fingerprint density at radius 3 is 2.84 bits per heavy atom. The van der Waals surface area contributed by atoms with E-state index in [1.807, 2.05) is 11.0 Å². The maximum atomic E-state index is 13.2. The van der Waals surface area contributed by atoms with Crippen molar-refractivity contribution in [3.8, 4) is 0 Å². The van der Waals surface area contributed by atoms with Gasteiger partial charge in [0.2, 0.25) is 5.91 Å². The zero-order valence-corrected chi connectivity index (χ0v) is 11.2. The number of halogens is 1. The van der Waals surface area contributed by atoms with Crippen molar-refractivity contribution in [2.24, 2.45) is 0 Å². The molecule has 3 nitrogen and oxygen atoms in total. The van der Waals surface area contributed by atoms with Gasteiger partial charge in [0, 0.05) is 19.0 Å². The number of carbonyl (C=O) groups is 1. The minimum absolute atomic E-state index is 0.0488. The Hall–Kier alpha value is -1.42. The molecule has 1 atom stereocenters. The van der Waals surface area contributed by atoms with Crippen LogP contribution in [0.4, 0.5) is 4.39 Å². The maximum Gasteiger partial charge on any atom is 0.223 e. The van der Waals surface area contributed by atoms with Gasteiger partial charge in [-0.15, -0.1) is 0 Å². The Kier molecular flexibility index (Phi) is 4.53. The van der Waals surface area contributed by atoms with Gasteiger partial charge < -0.3 is 10.0 Å². The Morgan fingerprint density at radius 1 is 1.53 bits per heavy atom. The summed E-state index contributed by atoms with van der Waals surface area (Å²) < 4.78 is 13.2. The highest BCUT2D eigenvalue weighted by atomic mass is 19.1. The Labute approximate surface area is 113 Å². The quantitative estimate of drug-likeness (QED) is 0.858. The third-order valence-electron chi connectivity index (χ3n) is 3.33. The predicted octanol–water partition coefficient (Wildman–Crippen LogP) is 2.48. The van der Waals surface area contributed by atoms with Crippen molar-refractivity contribution in [3.63, 3.8) is 0 Å². The van der Waals surface area contributed by atoms with E-state index in [0.29, 0.717) is 25.4 Å². The van der Waals surface area contributed by atoms with Crippen molar-refractivity contribution in [1.82, 2.24) is 4.90 Å². The van der Waals surface area contributed by atoms with Crippen molar-refractivity contribution in [2.45, 2.75) is 51.3 Å². The average Bonchev–Trinajstić information content (AvgIpc) is 3.17. The van der Waals surface area contributed by atoms with Crippen molar-refractivity contribution < 1.29 is 14.3 Å². The number of nitrogens with zero attached hydrogens (tertiary/aromatic N) is 1. The molecule has 19 heavy (non-hydrogen) atoms. The van der Waals surface area contributed by atoms with Gasteiger partial charge in [-0.2, -0.15) is 0 Å². The van der Waals surface area contributed by atoms with Crippen LogP contribution in [0.5, 0.6) is 0 Å². The van der Waals surface area contributed by atoms with Gasteiger partial charge in [0.25, 0.3) is 0 Å². The van der Waals surface area contributed by atoms with Crippen molar-refractivity contribution in [3.05, 3.63) is 35.6 Å². The zero-order chi connectivity index (χ0) is 13.8. The summed E-state index contributed by atoms with van der Waals surface area (Å²) >= 11 is 0. The van der Waals surface area contributed by atoms with Crippen LogP contribution >= 0.6 is 0 Å². The number of carbonyl (C=O) groups excluding carboxylic acids is 1. The van der Waals surface area contributed by atoms with Crippen molar-refractivity contribution >= 4 is 5.91 Å². The highest BCUT2D eigenvalue weighted by Gasteiger charge is 2.32. The van der Waals surface area contributed by atoms with E-state index in [9.17, 15) is 14.3 Å². The van der Waals surface area contributed by atoms with E-state index in [4.69, 9.17) is 0 Å². The second kappa shape index (κ2) is 6.15. The lowest BCUT2D eigenvalue weighted by Crippen LogP contribution is -2.32. The van der Waals surface area contributed by atoms with E-state index in [-0.39, 0.29) is 11.7 Å². The highest BCUT2D eigenvalue weighted by molar-refractivity contribution is 5.76. The van der Waals surface area contributed by atoms with Gasteiger partial charge in [-0.25, -0.2) is 4.39 Å². The summed E-state index contributed by atoms with van der Waals surface area (Å²) in [5.41, 5.74) is 0.817. The molecule has 1 aromatic rings. The van der Waals surface area contributed by atoms with Gasteiger partial charge in [0.15, 0.2) is 0 Å². The van der Waals surface area contributed by atoms with E-state index in [1.165, 1.54) is 12.1 Å². The second-order valence-corrected chi connectivity index (χ2v) is 5.27. The maximum absolute atomic E-state index is 13.2. The number of aliphatic hydroxyl groups excluding tert-OH is 1. The minimum Gasteiger partial charge on any atom is -0.393 e. The molecule has 4 heteroatoms. The summed E-state index contributed by atoms with van der Waals surface area (Å²) in [5.74, 6) is -0.225. The van der Waals surface area contributed by atoms with E-state index in [1.54, 1.807) is 13.0 Å². The number of benzene rings is 1. The van der Waals surface area contributed by atoms with Crippen LogP contribution < -0.4 is 0 Å². The summed E-state index contributed by atoms with van der Waals surface area (Å²) in [5, 5.41) is 9.24. The normalized spacial score (nSPS) is 16.2. The Morgan fingerprint density at radius 2 is 2.26 bits per heavy atom. The molecule has 1 amide bonds. The summed E-state index contributed by atoms with van der Waals surface area (Å²) in [4.78, 5) is 14.0. The van der Waals surface area contributed by atoms with Gasteiger partial charge >= 0.3 is 0 Å². The number of amides is 1. The molecule has 0 aromatic heterocycles. The molecule has 1 fully saturated rings. The Balaban J connectivity index is 1.98. The summed E-state index contributed by atoms with van der Waals surface area (Å²) in [6, 6.07) is 6.67. The highest BCUT2D eigenvalue weighted by Crippen LogP contribution is 2.29. The number of rotatable bonds is 6. The SMILES string of the molecule is CC(O)CCC(=O)N(Cc1cccc(F)c1)C1CC1. The van der Waals surface area contributed by atoms with E-state index in [2.05, 4.69) is 0 Å². The topological polar surface area (TPSA) is 40.5 Å². The molecule has 2 rings (SSSR count). The summed E-state index contributed by atoms with van der Waals surface area (Å²) in [6.45, 7) is 2.14. The molecule has 1 saturated carbocycles. The lowest BCUT2D eigenvalue weighted by molar-refractivity contribution is -0.133. The summed E-state index contributed by atoms with van der Waals surface area (Å²) in [7, 11) is 0. The van der Waals surface area contributed by atoms with Crippen LogP contribution in [0, 0.1) is 5.82 Å². The smallest absolute Gasteiger partial charge is 0.223 e. The molecular formula is C15H20FNO2. The molecule has 0 spiro atoms. The molecule has 1 aliphatic carbocycles. The fourth-order valence-electron chi connectivity index (χ4n) is 2.12. The standard InChI is InChI=1S/C15H20FNO2/c1-11(18)5-8-15(19)17(14-6-7-14)10-12-3-2-4-13(16)9-12/h2-4,9,11,14,18H,5-8,10H2,1H3. The molecule has 1 N–H and O–H groups in total. The van der Waals surface area contributed by atoms with Crippen LogP contribution in [0.15, 0.2) is 24.3 Å². The fraction of sp³-hybridized carbons (Fsp3) is 0.533. The van der Waals surface area contributed by atoms with E-state index in [0.717, 1.165) is 18.4 Å². The van der Waals surface area contributed by atoms with Crippen molar-refractivity contribution in [1.29, 1.82) is 0 Å². The van der Waals surface area contributed by atoms with Crippen LogP contribution in [0.1, 0.15) is 38.2 Å². The lowest BCUT2D eigenvalue weighted by atomic mass is 10.1. The zero-order valence-electron chi connectivity index (χ0n) is 11.2. The number of aliphatic hydroxyl groups is 1.